The number of ether oxygens (including phenoxy) is 2. The fraction of sp³-hybridized carbons (Fsp3) is 0.174. The number of benzene rings is 3. The summed E-state index contributed by atoms with van der Waals surface area (Å²) in [5.74, 6) is 2.19. The van der Waals surface area contributed by atoms with Crippen LogP contribution in [0.4, 0.5) is 0 Å². The Bertz CT molecular complexity index is 1060. The molecule has 0 saturated carbocycles. The fourth-order valence-corrected chi connectivity index (χ4v) is 3.22. The van der Waals surface area contributed by atoms with E-state index < -0.39 is 6.10 Å². The maximum atomic E-state index is 10.6. The summed E-state index contributed by atoms with van der Waals surface area (Å²) in [6, 6.07) is 24.5. The highest BCUT2D eigenvalue weighted by atomic mass is 35.5. The van der Waals surface area contributed by atoms with Crippen molar-refractivity contribution in [2.75, 3.05) is 6.61 Å². The van der Waals surface area contributed by atoms with Gasteiger partial charge in [0.05, 0.1) is 17.6 Å². The molecule has 29 heavy (non-hydrogen) atoms. The second-order valence-electron chi connectivity index (χ2n) is 6.65. The van der Waals surface area contributed by atoms with E-state index in [0.29, 0.717) is 23.9 Å². The number of aliphatic hydroxyl groups excluding tert-OH is 1. The number of hydrogen-bond acceptors (Lipinski definition) is 4. The summed E-state index contributed by atoms with van der Waals surface area (Å²) in [5, 5.41) is 11.2. The molecule has 0 unspecified atom stereocenters. The number of nitrogens with zero attached hydrogens (tertiary/aromatic N) is 2. The van der Waals surface area contributed by atoms with Crippen molar-refractivity contribution < 1.29 is 14.6 Å². The van der Waals surface area contributed by atoms with Crippen molar-refractivity contribution in [2.45, 2.75) is 19.3 Å². The zero-order chi connectivity index (χ0) is 20.1. The summed E-state index contributed by atoms with van der Waals surface area (Å²) in [6.07, 6.45) is -0.709. The molecule has 0 spiro atoms. The lowest BCUT2D eigenvalue weighted by Gasteiger charge is -2.16. The van der Waals surface area contributed by atoms with Crippen molar-refractivity contribution in [3.63, 3.8) is 0 Å². The normalized spacial score (nSPS) is 12.1. The minimum atomic E-state index is -0.709. The van der Waals surface area contributed by atoms with E-state index in [1.165, 1.54) is 0 Å². The summed E-state index contributed by atoms with van der Waals surface area (Å²) in [4.78, 5) is 4.68. The van der Waals surface area contributed by atoms with E-state index in [1.54, 1.807) is 24.3 Å². The predicted molar refractivity (Wildman–Crippen MR) is 113 cm³/mol. The van der Waals surface area contributed by atoms with Crippen molar-refractivity contribution in [1.29, 1.82) is 0 Å². The molecule has 1 atom stereocenters. The molecule has 1 aromatic heterocycles. The first-order valence-corrected chi connectivity index (χ1v) is 9.75. The average Bonchev–Trinajstić information content (AvgIpc) is 3.10. The SMILES string of the molecule is O[C@@H](COc1ccc(Cl)cc1)Cn1c(COc2ccccc2)nc2ccccc21. The molecule has 4 rings (SSSR count). The first-order valence-electron chi connectivity index (χ1n) is 9.37. The zero-order valence-corrected chi connectivity index (χ0v) is 16.5. The Morgan fingerprint density at radius 3 is 2.34 bits per heavy atom. The van der Waals surface area contributed by atoms with Crippen LogP contribution in [0.5, 0.6) is 11.5 Å². The summed E-state index contributed by atoms with van der Waals surface area (Å²) in [7, 11) is 0. The molecular weight excluding hydrogens is 388 g/mol. The van der Waals surface area contributed by atoms with Crippen LogP contribution in [0.2, 0.25) is 5.02 Å². The quantitative estimate of drug-likeness (QED) is 0.458. The van der Waals surface area contributed by atoms with Crippen molar-refractivity contribution in [2.24, 2.45) is 0 Å². The molecule has 1 heterocycles. The van der Waals surface area contributed by atoms with Crippen LogP contribution in [-0.4, -0.2) is 27.4 Å². The van der Waals surface area contributed by atoms with Crippen LogP contribution in [-0.2, 0) is 13.2 Å². The summed E-state index contributed by atoms with van der Waals surface area (Å²) in [5.41, 5.74) is 1.81. The highest BCUT2D eigenvalue weighted by Gasteiger charge is 2.15. The molecule has 0 fully saturated rings. The predicted octanol–water partition coefficient (Wildman–Crippen LogP) is 4.71. The molecule has 148 valence electrons. The molecule has 0 aliphatic heterocycles. The maximum Gasteiger partial charge on any atom is 0.148 e. The third-order valence-electron chi connectivity index (χ3n) is 4.49. The van der Waals surface area contributed by atoms with Crippen LogP contribution in [0.25, 0.3) is 11.0 Å². The van der Waals surface area contributed by atoms with Crippen molar-refractivity contribution >= 4 is 22.6 Å². The van der Waals surface area contributed by atoms with Gasteiger partial charge in [0, 0.05) is 5.02 Å². The standard InChI is InChI=1S/C23H21ClN2O3/c24-17-10-12-20(13-11-17)28-15-18(27)14-26-22-9-5-4-8-21(22)25-23(26)16-29-19-6-2-1-3-7-19/h1-13,18,27H,14-16H2/t18-/m1/s1. The van der Waals surface area contributed by atoms with Gasteiger partial charge in [0.2, 0.25) is 0 Å². The molecule has 0 aliphatic carbocycles. The van der Waals surface area contributed by atoms with E-state index in [1.807, 2.05) is 59.2 Å². The Labute approximate surface area is 174 Å². The first-order chi connectivity index (χ1) is 14.2. The van der Waals surface area contributed by atoms with Crippen LogP contribution in [0.1, 0.15) is 5.82 Å². The molecule has 0 aliphatic rings. The zero-order valence-electron chi connectivity index (χ0n) is 15.7. The largest absolute Gasteiger partial charge is 0.491 e. The second-order valence-corrected chi connectivity index (χ2v) is 7.08. The van der Waals surface area contributed by atoms with Crippen LogP contribution >= 0.6 is 11.6 Å². The van der Waals surface area contributed by atoms with Gasteiger partial charge in [0.25, 0.3) is 0 Å². The van der Waals surface area contributed by atoms with Gasteiger partial charge in [0.15, 0.2) is 0 Å². The Morgan fingerprint density at radius 1 is 0.862 bits per heavy atom. The number of aliphatic hydroxyl groups is 1. The lowest BCUT2D eigenvalue weighted by molar-refractivity contribution is 0.0917. The first kappa shape index (κ1) is 19.3. The molecular formula is C23H21ClN2O3. The smallest absolute Gasteiger partial charge is 0.148 e. The van der Waals surface area contributed by atoms with Gasteiger partial charge in [-0.3, -0.25) is 0 Å². The number of para-hydroxylation sites is 3. The maximum absolute atomic E-state index is 10.6. The van der Waals surface area contributed by atoms with Gasteiger partial charge in [-0.1, -0.05) is 41.9 Å². The van der Waals surface area contributed by atoms with Crippen LogP contribution < -0.4 is 9.47 Å². The molecule has 0 amide bonds. The summed E-state index contributed by atoms with van der Waals surface area (Å²) < 4.78 is 13.5. The van der Waals surface area contributed by atoms with Crippen LogP contribution in [0.15, 0.2) is 78.9 Å². The van der Waals surface area contributed by atoms with E-state index >= 15 is 0 Å². The van der Waals surface area contributed by atoms with Gasteiger partial charge in [0.1, 0.15) is 36.6 Å². The highest BCUT2D eigenvalue weighted by Crippen LogP contribution is 2.20. The number of rotatable bonds is 8. The third kappa shape index (κ3) is 4.88. The van der Waals surface area contributed by atoms with Gasteiger partial charge >= 0.3 is 0 Å². The van der Waals surface area contributed by atoms with Crippen molar-refractivity contribution in [1.82, 2.24) is 9.55 Å². The number of imidazole rings is 1. The third-order valence-corrected chi connectivity index (χ3v) is 4.75. The number of hydrogen-bond donors (Lipinski definition) is 1. The average molecular weight is 409 g/mol. The van der Waals surface area contributed by atoms with Crippen molar-refractivity contribution in [3.8, 4) is 11.5 Å². The van der Waals surface area contributed by atoms with Crippen molar-refractivity contribution in [3.05, 3.63) is 89.7 Å². The highest BCUT2D eigenvalue weighted by molar-refractivity contribution is 6.30. The summed E-state index contributed by atoms with van der Waals surface area (Å²) in [6.45, 7) is 0.818. The molecule has 6 heteroatoms. The molecule has 0 radical (unpaired) electrons. The van der Waals surface area contributed by atoms with E-state index in [0.717, 1.165) is 22.6 Å². The summed E-state index contributed by atoms with van der Waals surface area (Å²) >= 11 is 5.89. The van der Waals surface area contributed by atoms with Gasteiger partial charge < -0.3 is 19.1 Å². The Morgan fingerprint density at radius 2 is 1.55 bits per heavy atom. The van der Waals surface area contributed by atoms with Crippen LogP contribution in [0, 0.1) is 0 Å². The van der Waals surface area contributed by atoms with Gasteiger partial charge in [-0.15, -0.1) is 0 Å². The lowest BCUT2D eigenvalue weighted by Crippen LogP contribution is -2.25. The topological polar surface area (TPSA) is 56.5 Å². The molecule has 0 bridgehead atoms. The van der Waals surface area contributed by atoms with Gasteiger partial charge in [-0.2, -0.15) is 0 Å². The second kappa shape index (κ2) is 8.99. The Balaban J connectivity index is 1.48. The Hall–Kier alpha value is -3.02. The number of halogens is 1. The molecule has 5 nitrogen and oxygen atoms in total. The van der Waals surface area contributed by atoms with Gasteiger partial charge in [-0.05, 0) is 48.5 Å². The van der Waals surface area contributed by atoms with E-state index in [9.17, 15) is 5.11 Å². The lowest BCUT2D eigenvalue weighted by atomic mass is 10.3. The van der Waals surface area contributed by atoms with Crippen LogP contribution in [0.3, 0.4) is 0 Å². The van der Waals surface area contributed by atoms with E-state index in [-0.39, 0.29) is 6.61 Å². The minimum absolute atomic E-state index is 0.160. The molecule has 4 aromatic rings. The van der Waals surface area contributed by atoms with E-state index in [2.05, 4.69) is 4.98 Å². The van der Waals surface area contributed by atoms with Gasteiger partial charge in [-0.25, -0.2) is 4.98 Å². The van der Waals surface area contributed by atoms with E-state index in [4.69, 9.17) is 21.1 Å². The Kier molecular flexibility index (Phi) is 5.98. The fourth-order valence-electron chi connectivity index (χ4n) is 3.09. The number of aromatic nitrogens is 2. The monoisotopic (exact) mass is 408 g/mol. The molecule has 3 aromatic carbocycles. The minimum Gasteiger partial charge on any atom is -0.491 e. The molecule has 0 saturated heterocycles. The molecule has 1 N–H and O–H groups in total. The number of fused-ring (bicyclic) bond motifs is 1.